The number of hydrogen-bond donors (Lipinski definition) is 1. The van der Waals surface area contributed by atoms with Gasteiger partial charge in [0.25, 0.3) is 0 Å². The van der Waals surface area contributed by atoms with E-state index in [9.17, 15) is 9.59 Å². The number of carbonyl (C=O) groups is 2. The molecule has 0 aromatic heterocycles. The van der Waals surface area contributed by atoms with E-state index in [0.717, 1.165) is 18.8 Å². The minimum Gasteiger partial charge on any atom is -0.461 e. The highest BCUT2D eigenvalue weighted by atomic mass is 16.5. The van der Waals surface area contributed by atoms with Crippen LogP contribution < -0.4 is 10.3 Å². The van der Waals surface area contributed by atoms with Crippen LogP contribution in [0, 0.1) is 0 Å². The third-order valence-electron chi connectivity index (χ3n) is 5.13. The lowest BCUT2D eigenvalue weighted by Gasteiger charge is -2.24. The second-order valence-electron chi connectivity index (χ2n) is 6.99. The van der Waals surface area contributed by atoms with Crippen molar-refractivity contribution >= 4 is 23.3 Å². The third-order valence-corrected chi connectivity index (χ3v) is 5.13. The van der Waals surface area contributed by atoms with Gasteiger partial charge in [-0.1, -0.05) is 18.2 Å². The number of para-hydroxylation sites is 1. The molecule has 1 amide bonds. The lowest BCUT2D eigenvalue weighted by molar-refractivity contribution is -0.135. The van der Waals surface area contributed by atoms with Crippen LogP contribution in [-0.4, -0.2) is 60.8 Å². The molecule has 2 heterocycles. The topological polar surface area (TPSA) is 74.2 Å². The summed E-state index contributed by atoms with van der Waals surface area (Å²) in [4.78, 5) is 27.3. The summed E-state index contributed by atoms with van der Waals surface area (Å²) in [6, 6.07) is 9.47. The van der Waals surface area contributed by atoms with Gasteiger partial charge in [0.1, 0.15) is 11.8 Å². The zero-order chi connectivity index (χ0) is 19.2. The zero-order valence-electron chi connectivity index (χ0n) is 16.1. The van der Waals surface area contributed by atoms with Crippen LogP contribution >= 0.6 is 0 Å². The van der Waals surface area contributed by atoms with E-state index in [0.29, 0.717) is 12.6 Å². The SMILES string of the molecule is CCOC(=O)C1=NN(c2ccccc2)[C@H](C(=O)NCCN2CCC[C@H]2C)C1. The molecule has 1 aromatic rings. The molecule has 0 saturated carbocycles. The van der Waals surface area contributed by atoms with E-state index in [1.165, 1.54) is 12.8 Å². The number of likely N-dealkylation sites (tertiary alicyclic amines) is 1. The predicted octanol–water partition coefficient (Wildman–Crippen LogP) is 1.78. The maximum Gasteiger partial charge on any atom is 0.354 e. The summed E-state index contributed by atoms with van der Waals surface area (Å²) in [6.45, 7) is 6.79. The van der Waals surface area contributed by atoms with Gasteiger partial charge in [-0.15, -0.1) is 0 Å². The van der Waals surface area contributed by atoms with Crippen LogP contribution in [-0.2, 0) is 14.3 Å². The molecular formula is C20H28N4O3. The molecule has 7 nitrogen and oxygen atoms in total. The normalized spacial score (nSPS) is 22.6. The van der Waals surface area contributed by atoms with E-state index >= 15 is 0 Å². The van der Waals surface area contributed by atoms with Crippen molar-refractivity contribution in [3.8, 4) is 0 Å². The molecule has 2 aliphatic rings. The number of ether oxygens (including phenoxy) is 1. The fourth-order valence-electron chi connectivity index (χ4n) is 3.64. The molecule has 0 aliphatic carbocycles. The Bertz CT molecular complexity index is 692. The van der Waals surface area contributed by atoms with Crippen LogP contribution in [0.2, 0.25) is 0 Å². The highest BCUT2D eigenvalue weighted by molar-refractivity contribution is 6.38. The minimum absolute atomic E-state index is 0.117. The van der Waals surface area contributed by atoms with Gasteiger partial charge in [0.05, 0.1) is 12.3 Å². The summed E-state index contributed by atoms with van der Waals surface area (Å²) in [6.07, 6.45) is 2.69. The molecule has 1 aromatic carbocycles. The number of hydrazone groups is 1. The van der Waals surface area contributed by atoms with Crippen molar-refractivity contribution in [3.05, 3.63) is 30.3 Å². The molecule has 7 heteroatoms. The largest absolute Gasteiger partial charge is 0.461 e. The molecule has 0 bridgehead atoms. The maximum absolute atomic E-state index is 12.8. The molecule has 27 heavy (non-hydrogen) atoms. The molecule has 0 spiro atoms. The molecule has 0 unspecified atom stereocenters. The Labute approximate surface area is 160 Å². The van der Waals surface area contributed by atoms with Gasteiger partial charge >= 0.3 is 5.97 Å². The van der Waals surface area contributed by atoms with Crippen LogP contribution in [0.1, 0.15) is 33.1 Å². The number of carbonyl (C=O) groups excluding carboxylic acids is 2. The number of amides is 1. The van der Waals surface area contributed by atoms with Crippen molar-refractivity contribution in [2.24, 2.45) is 5.10 Å². The fraction of sp³-hybridized carbons (Fsp3) is 0.550. The van der Waals surface area contributed by atoms with Crippen LogP contribution in [0.5, 0.6) is 0 Å². The number of nitrogens with one attached hydrogen (secondary N) is 1. The number of anilines is 1. The molecule has 146 valence electrons. The highest BCUT2D eigenvalue weighted by Gasteiger charge is 2.36. The monoisotopic (exact) mass is 372 g/mol. The van der Waals surface area contributed by atoms with Crippen molar-refractivity contribution in [3.63, 3.8) is 0 Å². The first-order chi connectivity index (χ1) is 13.1. The summed E-state index contributed by atoms with van der Waals surface area (Å²) in [5, 5.41) is 9.02. The average molecular weight is 372 g/mol. The Balaban J connectivity index is 1.64. The third kappa shape index (κ3) is 4.66. The van der Waals surface area contributed by atoms with Gasteiger partial charge in [0.15, 0.2) is 0 Å². The number of rotatable bonds is 7. The van der Waals surface area contributed by atoms with E-state index in [4.69, 9.17) is 4.74 Å². The lowest BCUT2D eigenvalue weighted by atomic mass is 10.1. The summed E-state index contributed by atoms with van der Waals surface area (Å²) >= 11 is 0. The molecule has 1 fully saturated rings. The maximum atomic E-state index is 12.8. The number of esters is 1. The Morgan fingerprint density at radius 3 is 2.74 bits per heavy atom. The van der Waals surface area contributed by atoms with Crippen molar-refractivity contribution in [1.29, 1.82) is 0 Å². The lowest BCUT2D eigenvalue weighted by Crippen LogP contribution is -2.45. The standard InChI is InChI=1S/C20H28N4O3/c1-3-27-20(26)17-14-18(24(22-17)16-9-5-4-6-10-16)19(25)21-11-13-23-12-7-8-15(23)2/h4-6,9-10,15,18H,3,7-8,11-14H2,1-2H3,(H,21,25)/t15-,18+/m1/s1. The number of nitrogens with zero attached hydrogens (tertiary/aromatic N) is 3. The highest BCUT2D eigenvalue weighted by Crippen LogP contribution is 2.25. The molecule has 2 aliphatic heterocycles. The van der Waals surface area contributed by atoms with Crippen molar-refractivity contribution in [2.75, 3.05) is 31.3 Å². The average Bonchev–Trinajstić information content (AvgIpc) is 3.29. The van der Waals surface area contributed by atoms with Crippen LogP contribution in [0.4, 0.5) is 5.69 Å². The second kappa shape index (κ2) is 8.99. The van der Waals surface area contributed by atoms with Crippen molar-refractivity contribution < 1.29 is 14.3 Å². The molecule has 1 saturated heterocycles. The van der Waals surface area contributed by atoms with Gasteiger partial charge in [-0.05, 0) is 45.4 Å². The van der Waals surface area contributed by atoms with Crippen LogP contribution in [0.15, 0.2) is 35.4 Å². The van der Waals surface area contributed by atoms with E-state index in [1.54, 1.807) is 11.9 Å². The van der Waals surface area contributed by atoms with Gasteiger partial charge in [0.2, 0.25) is 5.91 Å². The van der Waals surface area contributed by atoms with Gasteiger partial charge in [-0.2, -0.15) is 5.10 Å². The van der Waals surface area contributed by atoms with Gasteiger partial charge in [-0.3, -0.25) is 14.7 Å². The fourth-order valence-corrected chi connectivity index (χ4v) is 3.64. The second-order valence-corrected chi connectivity index (χ2v) is 6.99. The summed E-state index contributed by atoms with van der Waals surface area (Å²) in [7, 11) is 0. The first-order valence-electron chi connectivity index (χ1n) is 9.70. The van der Waals surface area contributed by atoms with Crippen molar-refractivity contribution in [2.45, 2.75) is 45.2 Å². The van der Waals surface area contributed by atoms with E-state index in [2.05, 4.69) is 22.2 Å². The first kappa shape index (κ1) is 19.4. The van der Waals surface area contributed by atoms with Gasteiger partial charge in [-0.25, -0.2) is 4.79 Å². The Morgan fingerprint density at radius 1 is 1.30 bits per heavy atom. The molecule has 3 rings (SSSR count). The Hall–Kier alpha value is -2.41. The van der Waals surface area contributed by atoms with Gasteiger partial charge in [0, 0.05) is 25.6 Å². The van der Waals surface area contributed by atoms with Crippen molar-refractivity contribution in [1.82, 2.24) is 10.2 Å². The summed E-state index contributed by atoms with van der Waals surface area (Å²) in [5.74, 6) is -0.576. The number of benzene rings is 1. The zero-order valence-corrected chi connectivity index (χ0v) is 16.1. The van der Waals surface area contributed by atoms with E-state index < -0.39 is 12.0 Å². The first-order valence-corrected chi connectivity index (χ1v) is 9.70. The van der Waals surface area contributed by atoms with Gasteiger partial charge < -0.3 is 10.1 Å². The predicted molar refractivity (Wildman–Crippen MR) is 105 cm³/mol. The molecular weight excluding hydrogens is 344 g/mol. The summed E-state index contributed by atoms with van der Waals surface area (Å²) < 4.78 is 5.06. The molecule has 1 N–H and O–H groups in total. The van der Waals surface area contributed by atoms with Crippen LogP contribution in [0.3, 0.4) is 0 Å². The smallest absolute Gasteiger partial charge is 0.354 e. The Kier molecular flexibility index (Phi) is 6.45. The minimum atomic E-state index is -0.539. The quantitative estimate of drug-likeness (QED) is 0.739. The molecule has 0 radical (unpaired) electrons. The Morgan fingerprint density at radius 2 is 2.07 bits per heavy atom. The molecule has 2 atom stereocenters. The summed E-state index contributed by atoms with van der Waals surface area (Å²) in [5.41, 5.74) is 1.07. The van der Waals surface area contributed by atoms with Crippen LogP contribution in [0.25, 0.3) is 0 Å². The van der Waals surface area contributed by atoms with E-state index in [1.807, 2.05) is 30.3 Å². The van der Waals surface area contributed by atoms with E-state index in [-0.39, 0.29) is 24.6 Å². The number of hydrogen-bond acceptors (Lipinski definition) is 6.